The highest BCUT2D eigenvalue weighted by Gasteiger charge is 2.12. The van der Waals surface area contributed by atoms with Crippen LogP contribution in [0, 0.1) is 20.8 Å². The third-order valence-corrected chi connectivity index (χ3v) is 5.18. The third kappa shape index (κ3) is 3.28. The highest BCUT2D eigenvalue weighted by Crippen LogP contribution is 2.34. The Bertz CT molecular complexity index is 1090. The van der Waals surface area contributed by atoms with E-state index in [1.165, 1.54) is 16.5 Å². The molecule has 0 saturated carbocycles. The molecule has 136 valence electrons. The zero-order valence-electron chi connectivity index (χ0n) is 15.9. The first-order valence-corrected chi connectivity index (χ1v) is 9.23. The van der Waals surface area contributed by atoms with Crippen LogP contribution < -0.4 is 5.32 Å². The van der Waals surface area contributed by atoms with Crippen LogP contribution in [0.5, 0.6) is 5.75 Å². The van der Waals surface area contributed by atoms with Crippen LogP contribution in [0.3, 0.4) is 0 Å². The van der Waals surface area contributed by atoms with Crippen LogP contribution in [0.4, 0.5) is 5.69 Å². The number of hydrogen-bond donors (Lipinski definition) is 3. The van der Waals surface area contributed by atoms with Gasteiger partial charge in [-0.15, -0.1) is 0 Å². The summed E-state index contributed by atoms with van der Waals surface area (Å²) in [5.74, 6) is 0.375. The fourth-order valence-corrected chi connectivity index (χ4v) is 3.63. The standard InChI is InChI=1S/C24H24N2O/c1-15-11-19(12-16(2)24(15)27)23-17(3)21-13-20(9-10-22(21)26-23)25-14-18-7-5-4-6-8-18/h4-13,25-27H,14H2,1-3H3. The summed E-state index contributed by atoms with van der Waals surface area (Å²) in [5, 5.41) is 14.8. The predicted molar refractivity (Wildman–Crippen MR) is 113 cm³/mol. The van der Waals surface area contributed by atoms with Crippen molar-refractivity contribution in [1.82, 2.24) is 4.98 Å². The number of nitrogens with one attached hydrogen (secondary N) is 2. The highest BCUT2D eigenvalue weighted by molar-refractivity contribution is 5.92. The fourth-order valence-electron chi connectivity index (χ4n) is 3.63. The summed E-state index contributed by atoms with van der Waals surface area (Å²) in [4.78, 5) is 3.55. The molecule has 1 aromatic heterocycles. The lowest BCUT2D eigenvalue weighted by Gasteiger charge is -2.08. The summed E-state index contributed by atoms with van der Waals surface area (Å²) in [6, 6.07) is 20.9. The second kappa shape index (κ2) is 6.84. The van der Waals surface area contributed by atoms with Crippen LogP contribution in [0.15, 0.2) is 60.7 Å². The van der Waals surface area contributed by atoms with Gasteiger partial charge in [-0.3, -0.25) is 0 Å². The van der Waals surface area contributed by atoms with Crippen molar-refractivity contribution in [3.05, 3.63) is 82.9 Å². The monoisotopic (exact) mass is 356 g/mol. The summed E-state index contributed by atoms with van der Waals surface area (Å²) in [6.45, 7) is 6.83. The molecule has 3 N–H and O–H groups in total. The highest BCUT2D eigenvalue weighted by atomic mass is 16.3. The molecule has 0 saturated heterocycles. The second-order valence-electron chi connectivity index (χ2n) is 7.18. The van der Waals surface area contributed by atoms with Crippen molar-refractivity contribution in [1.29, 1.82) is 0 Å². The van der Waals surface area contributed by atoms with Crippen molar-refractivity contribution >= 4 is 16.6 Å². The number of benzene rings is 3. The van der Waals surface area contributed by atoms with Crippen molar-refractivity contribution < 1.29 is 5.11 Å². The maximum atomic E-state index is 10.1. The minimum absolute atomic E-state index is 0.375. The number of rotatable bonds is 4. The molecule has 27 heavy (non-hydrogen) atoms. The van der Waals surface area contributed by atoms with Crippen LogP contribution in [0.1, 0.15) is 22.3 Å². The molecular weight excluding hydrogens is 332 g/mol. The normalized spacial score (nSPS) is 11.1. The molecule has 4 rings (SSSR count). The number of phenolic OH excluding ortho intramolecular Hbond substituents is 1. The third-order valence-electron chi connectivity index (χ3n) is 5.18. The Hall–Kier alpha value is -3.20. The number of H-pyrrole nitrogens is 1. The van der Waals surface area contributed by atoms with E-state index in [1.54, 1.807) is 0 Å². The molecule has 0 unspecified atom stereocenters. The van der Waals surface area contributed by atoms with Gasteiger partial charge in [-0.25, -0.2) is 0 Å². The smallest absolute Gasteiger partial charge is 0.121 e. The lowest BCUT2D eigenvalue weighted by Crippen LogP contribution is -1.98. The second-order valence-corrected chi connectivity index (χ2v) is 7.18. The summed E-state index contributed by atoms with van der Waals surface area (Å²) in [6.07, 6.45) is 0. The Balaban J connectivity index is 1.68. The van der Waals surface area contributed by atoms with E-state index in [0.717, 1.165) is 40.1 Å². The number of aromatic nitrogens is 1. The molecule has 0 aliphatic carbocycles. The molecule has 0 radical (unpaired) electrons. The van der Waals surface area contributed by atoms with Crippen LogP contribution in [0.2, 0.25) is 0 Å². The SMILES string of the molecule is Cc1cc(-c2[nH]c3ccc(NCc4ccccc4)cc3c2C)cc(C)c1O. The Kier molecular flexibility index (Phi) is 4.36. The van der Waals surface area contributed by atoms with E-state index < -0.39 is 0 Å². The Morgan fingerprint density at radius 1 is 0.889 bits per heavy atom. The Morgan fingerprint density at radius 2 is 1.59 bits per heavy atom. The van der Waals surface area contributed by atoms with Crippen molar-refractivity contribution in [2.24, 2.45) is 0 Å². The summed E-state index contributed by atoms with van der Waals surface area (Å²) < 4.78 is 0. The predicted octanol–water partition coefficient (Wildman–Crippen LogP) is 6.08. The summed E-state index contributed by atoms with van der Waals surface area (Å²) >= 11 is 0. The number of hydrogen-bond acceptors (Lipinski definition) is 2. The molecule has 0 atom stereocenters. The van der Waals surface area contributed by atoms with Gasteiger partial charge in [0.1, 0.15) is 5.75 Å². The van der Waals surface area contributed by atoms with Crippen LogP contribution in [-0.2, 0) is 6.54 Å². The average Bonchev–Trinajstić information content (AvgIpc) is 3.01. The molecule has 1 heterocycles. The average molecular weight is 356 g/mol. The van der Waals surface area contributed by atoms with E-state index >= 15 is 0 Å². The number of fused-ring (bicyclic) bond motifs is 1. The van der Waals surface area contributed by atoms with Gasteiger partial charge in [0.2, 0.25) is 0 Å². The number of aromatic amines is 1. The van der Waals surface area contributed by atoms with Gasteiger partial charge in [0.05, 0.1) is 0 Å². The molecule has 0 amide bonds. The van der Waals surface area contributed by atoms with Crippen LogP contribution >= 0.6 is 0 Å². The van der Waals surface area contributed by atoms with Crippen molar-refractivity contribution in [3.63, 3.8) is 0 Å². The van der Waals surface area contributed by atoms with Gasteiger partial charge in [-0.1, -0.05) is 30.3 Å². The Labute approximate surface area is 159 Å². The first kappa shape index (κ1) is 17.2. The van der Waals surface area contributed by atoms with Crippen LogP contribution in [0.25, 0.3) is 22.2 Å². The van der Waals surface area contributed by atoms with E-state index in [1.807, 2.05) is 32.0 Å². The minimum atomic E-state index is 0.375. The van der Waals surface area contributed by atoms with Crippen LogP contribution in [-0.4, -0.2) is 10.1 Å². The topological polar surface area (TPSA) is 48.0 Å². The summed E-state index contributed by atoms with van der Waals surface area (Å²) in [5.41, 5.74) is 8.72. The minimum Gasteiger partial charge on any atom is -0.507 e. The van der Waals surface area contributed by atoms with Gasteiger partial charge >= 0.3 is 0 Å². The van der Waals surface area contributed by atoms with E-state index in [9.17, 15) is 5.11 Å². The molecule has 0 spiro atoms. The molecule has 0 aliphatic heterocycles. The molecule has 3 heteroatoms. The largest absolute Gasteiger partial charge is 0.507 e. The van der Waals surface area contributed by atoms with Gasteiger partial charge < -0.3 is 15.4 Å². The lowest BCUT2D eigenvalue weighted by molar-refractivity contribution is 0.467. The lowest BCUT2D eigenvalue weighted by atomic mass is 10.0. The first-order valence-electron chi connectivity index (χ1n) is 9.23. The zero-order valence-corrected chi connectivity index (χ0v) is 15.9. The maximum absolute atomic E-state index is 10.1. The van der Waals surface area contributed by atoms with Gasteiger partial charge in [-0.05, 0) is 78.9 Å². The number of aryl methyl sites for hydroxylation is 3. The number of aromatic hydroxyl groups is 1. The molecular formula is C24H24N2O. The number of anilines is 1. The number of phenols is 1. The molecule has 3 aromatic carbocycles. The van der Waals surface area contributed by atoms with E-state index in [4.69, 9.17) is 0 Å². The van der Waals surface area contributed by atoms with E-state index in [-0.39, 0.29) is 0 Å². The van der Waals surface area contributed by atoms with Crippen molar-refractivity contribution in [2.45, 2.75) is 27.3 Å². The molecule has 4 aromatic rings. The zero-order chi connectivity index (χ0) is 19.0. The first-order chi connectivity index (χ1) is 13.0. The van der Waals surface area contributed by atoms with Crippen molar-refractivity contribution in [3.8, 4) is 17.0 Å². The molecule has 0 bridgehead atoms. The van der Waals surface area contributed by atoms with Gasteiger partial charge in [0, 0.05) is 28.8 Å². The Morgan fingerprint density at radius 3 is 2.30 bits per heavy atom. The maximum Gasteiger partial charge on any atom is 0.121 e. The summed E-state index contributed by atoms with van der Waals surface area (Å²) in [7, 11) is 0. The molecule has 3 nitrogen and oxygen atoms in total. The quantitative estimate of drug-likeness (QED) is 0.415. The van der Waals surface area contributed by atoms with Gasteiger partial charge in [0.25, 0.3) is 0 Å². The molecule has 0 fully saturated rings. The van der Waals surface area contributed by atoms with E-state index in [0.29, 0.717) is 5.75 Å². The van der Waals surface area contributed by atoms with E-state index in [2.05, 4.69) is 59.7 Å². The van der Waals surface area contributed by atoms with Gasteiger partial charge in [0.15, 0.2) is 0 Å². The fraction of sp³-hybridized carbons (Fsp3) is 0.167. The molecule has 0 aliphatic rings. The van der Waals surface area contributed by atoms with Gasteiger partial charge in [-0.2, -0.15) is 0 Å². The van der Waals surface area contributed by atoms with Crippen molar-refractivity contribution in [2.75, 3.05) is 5.32 Å².